The number of piperidine rings is 1. The van der Waals surface area contributed by atoms with Crippen LogP contribution in [0.25, 0.3) is 0 Å². The summed E-state index contributed by atoms with van der Waals surface area (Å²) in [6.45, 7) is 0.578. The van der Waals surface area contributed by atoms with Crippen LogP contribution < -0.4 is 5.32 Å². The number of carbonyl (C=O) groups excluding carboxylic acids is 2. The SMILES string of the molecule is CN1C(=O)CCC(NCc2cncn2C)C1=O. The minimum Gasteiger partial charge on any atom is -0.337 e. The van der Waals surface area contributed by atoms with E-state index in [4.69, 9.17) is 0 Å². The Labute approximate surface area is 99.6 Å². The molecular weight excluding hydrogens is 220 g/mol. The van der Waals surface area contributed by atoms with Gasteiger partial charge in [-0.1, -0.05) is 0 Å². The normalized spacial score (nSPS) is 21.1. The molecule has 0 bridgehead atoms. The summed E-state index contributed by atoms with van der Waals surface area (Å²) in [4.78, 5) is 28.3. The smallest absolute Gasteiger partial charge is 0.246 e. The van der Waals surface area contributed by atoms with Crippen molar-refractivity contribution in [3.63, 3.8) is 0 Å². The van der Waals surface area contributed by atoms with Gasteiger partial charge in [0.25, 0.3) is 0 Å². The number of nitrogens with one attached hydrogen (secondary N) is 1. The number of rotatable bonds is 3. The van der Waals surface area contributed by atoms with E-state index < -0.39 is 0 Å². The Morgan fingerprint density at radius 3 is 2.88 bits per heavy atom. The molecule has 0 aliphatic carbocycles. The molecule has 2 amide bonds. The first-order valence-electron chi connectivity index (χ1n) is 5.58. The van der Waals surface area contributed by atoms with E-state index >= 15 is 0 Å². The van der Waals surface area contributed by atoms with Gasteiger partial charge in [0.2, 0.25) is 11.8 Å². The Morgan fingerprint density at radius 2 is 2.24 bits per heavy atom. The summed E-state index contributed by atoms with van der Waals surface area (Å²) in [7, 11) is 3.44. The maximum absolute atomic E-state index is 11.8. The van der Waals surface area contributed by atoms with Gasteiger partial charge >= 0.3 is 0 Å². The van der Waals surface area contributed by atoms with Crippen molar-refractivity contribution in [2.45, 2.75) is 25.4 Å². The average Bonchev–Trinajstić information content (AvgIpc) is 2.71. The zero-order valence-electron chi connectivity index (χ0n) is 10.0. The second-order valence-electron chi connectivity index (χ2n) is 4.26. The van der Waals surface area contributed by atoms with E-state index in [9.17, 15) is 9.59 Å². The summed E-state index contributed by atoms with van der Waals surface area (Å²) < 4.78 is 1.90. The highest BCUT2D eigenvalue weighted by molar-refractivity contribution is 6.00. The first kappa shape index (κ1) is 11.8. The fourth-order valence-corrected chi connectivity index (χ4v) is 1.89. The molecule has 2 rings (SSSR count). The molecule has 1 saturated heterocycles. The Bertz CT molecular complexity index is 440. The Kier molecular flexibility index (Phi) is 3.23. The zero-order chi connectivity index (χ0) is 12.4. The van der Waals surface area contributed by atoms with Crippen LogP contribution in [0.1, 0.15) is 18.5 Å². The molecule has 0 radical (unpaired) electrons. The van der Waals surface area contributed by atoms with Crippen LogP contribution in [0.15, 0.2) is 12.5 Å². The van der Waals surface area contributed by atoms with Gasteiger partial charge in [0, 0.05) is 33.3 Å². The summed E-state index contributed by atoms with van der Waals surface area (Å²) in [6.07, 6.45) is 4.47. The van der Waals surface area contributed by atoms with Crippen LogP contribution in [0, 0.1) is 0 Å². The quantitative estimate of drug-likeness (QED) is 0.729. The molecule has 0 spiro atoms. The number of imide groups is 1. The molecule has 1 aromatic rings. The van der Waals surface area contributed by atoms with Gasteiger partial charge in [0.05, 0.1) is 18.1 Å². The molecule has 1 aliphatic heterocycles. The van der Waals surface area contributed by atoms with Crippen LogP contribution in [0.4, 0.5) is 0 Å². The zero-order valence-corrected chi connectivity index (χ0v) is 10.0. The van der Waals surface area contributed by atoms with Gasteiger partial charge in [-0.3, -0.25) is 14.5 Å². The third-order valence-corrected chi connectivity index (χ3v) is 3.10. The Hall–Kier alpha value is -1.69. The third kappa shape index (κ3) is 2.36. The van der Waals surface area contributed by atoms with Crippen molar-refractivity contribution in [3.8, 4) is 0 Å². The van der Waals surface area contributed by atoms with E-state index in [1.807, 2.05) is 11.6 Å². The molecule has 6 nitrogen and oxygen atoms in total. The van der Waals surface area contributed by atoms with Crippen LogP contribution in [-0.4, -0.2) is 39.4 Å². The lowest BCUT2D eigenvalue weighted by Crippen LogP contribution is -2.51. The average molecular weight is 236 g/mol. The van der Waals surface area contributed by atoms with Crippen LogP contribution in [0.3, 0.4) is 0 Å². The molecular formula is C11H16N4O2. The van der Waals surface area contributed by atoms with Crippen molar-refractivity contribution in [2.24, 2.45) is 7.05 Å². The lowest BCUT2D eigenvalue weighted by atomic mass is 10.0. The topological polar surface area (TPSA) is 67.2 Å². The van der Waals surface area contributed by atoms with E-state index in [2.05, 4.69) is 10.3 Å². The summed E-state index contributed by atoms with van der Waals surface area (Å²) in [5.41, 5.74) is 1.01. The highest BCUT2D eigenvalue weighted by Crippen LogP contribution is 2.12. The maximum Gasteiger partial charge on any atom is 0.246 e. The molecule has 92 valence electrons. The van der Waals surface area contributed by atoms with Crippen molar-refractivity contribution in [2.75, 3.05) is 7.05 Å². The number of aromatic nitrogens is 2. The van der Waals surface area contributed by atoms with E-state index in [-0.39, 0.29) is 17.9 Å². The molecule has 1 fully saturated rings. The summed E-state index contributed by atoms with van der Waals surface area (Å²) >= 11 is 0. The fraction of sp³-hybridized carbons (Fsp3) is 0.545. The van der Waals surface area contributed by atoms with Crippen molar-refractivity contribution >= 4 is 11.8 Å². The molecule has 1 aromatic heterocycles. The highest BCUT2D eigenvalue weighted by Gasteiger charge is 2.31. The van der Waals surface area contributed by atoms with E-state index in [0.29, 0.717) is 19.4 Å². The second kappa shape index (κ2) is 4.67. The Balaban J connectivity index is 1.94. The van der Waals surface area contributed by atoms with Gasteiger partial charge < -0.3 is 9.88 Å². The predicted octanol–water partition coefficient (Wildman–Crippen LogP) is -0.343. The largest absolute Gasteiger partial charge is 0.337 e. The van der Waals surface area contributed by atoms with Gasteiger partial charge in [0.1, 0.15) is 0 Å². The number of likely N-dealkylation sites (tertiary alicyclic amines) is 1. The van der Waals surface area contributed by atoms with Crippen LogP contribution >= 0.6 is 0 Å². The number of hydrogen-bond acceptors (Lipinski definition) is 4. The van der Waals surface area contributed by atoms with Crippen molar-refractivity contribution < 1.29 is 9.59 Å². The number of aryl methyl sites for hydroxylation is 1. The minimum absolute atomic E-state index is 0.103. The van der Waals surface area contributed by atoms with Crippen LogP contribution in [0.5, 0.6) is 0 Å². The molecule has 1 aliphatic rings. The monoisotopic (exact) mass is 236 g/mol. The van der Waals surface area contributed by atoms with Gasteiger partial charge in [-0.15, -0.1) is 0 Å². The van der Waals surface area contributed by atoms with Crippen LogP contribution in [0.2, 0.25) is 0 Å². The van der Waals surface area contributed by atoms with E-state index in [1.54, 1.807) is 12.5 Å². The van der Waals surface area contributed by atoms with E-state index in [0.717, 1.165) is 5.69 Å². The number of hydrogen-bond donors (Lipinski definition) is 1. The third-order valence-electron chi connectivity index (χ3n) is 3.10. The molecule has 1 unspecified atom stereocenters. The van der Waals surface area contributed by atoms with Gasteiger partial charge in [-0.25, -0.2) is 4.98 Å². The first-order chi connectivity index (χ1) is 8.09. The minimum atomic E-state index is -0.271. The lowest BCUT2D eigenvalue weighted by molar-refractivity contribution is -0.148. The lowest BCUT2D eigenvalue weighted by Gasteiger charge is -2.28. The number of imidazole rings is 1. The van der Waals surface area contributed by atoms with Gasteiger partial charge in [-0.2, -0.15) is 0 Å². The van der Waals surface area contributed by atoms with Gasteiger partial charge in [0.15, 0.2) is 0 Å². The van der Waals surface area contributed by atoms with Gasteiger partial charge in [-0.05, 0) is 6.42 Å². The summed E-state index contributed by atoms with van der Waals surface area (Å²) in [5.74, 6) is -0.253. The standard InChI is InChI=1S/C11H16N4O2/c1-14-7-12-5-8(14)6-13-9-3-4-10(16)15(2)11(9)17/h5,7,9,13H,3-4,6H2,1-2H3. The molecule has 0 aromatic carbocycles. The predicted molar refractivity (Wildman–Crippen MR) is 60.8 cm³/mol. The fourth-order valence-electron chi connectivity index (χ4n) is 1.89. The van der Waals surface area contributed by atoms with Crippen molar-refractivity contribution in [1.29, 1.82) is 0 Å². The molecule has 0 saturated carbocycles. The number of likely N-dealkylation sites (N-methyl/N-ethyl adjacent to an activating group) is 1. The highest BCUT2D eigenvalue weighted by atomic mass is 16.2. The number of amides is 2. The molecule has 1 N–H and O–H groups in total. The van der Waals surface area contributed by atoms with Crippen molar-refractivity contribution in [3.05, 3.63) is 18.2 Å². The molecule has 6 heteroatoms. The van der Waals surface area contributed by atoms with Crippen molar-refractivity contribution in [1.82, 2.24) is 19.8 Å². The summed E-state index contributed by atoms with van der Waals surface area (Å²) in [5, 5.41) is 3.16. The number of nitrogens with zero attached hydrogens (tertiary/aromatic N) is 3. The summed E-state index contributed by atoms with van der Waals surface area (Å²) in [6, 6.07) is -0.271. The maximum atomic E-state index is 11.8. The molecule has 2 heterocycles. The van der Waals surface area contributed by atoms with Crippen LogP contribution in [-0.2, 0) is 23.2 Å². The number of carbonyl (C=O) groups is 2. The first-order valence-corrected chi connectivity index (χ1v) is 5.58. The molecule has 1 atom stereocenters. The molecule has 17 heavy (non-hydrogen) atoms. The van der Waals surface area contributed by atoms with E-state index in [1.165, 1.54) is 11.9 Å². The Morgan fingerprint density at radius 1 is 1.47 bits per heavy atom. The second-order valence-corrected chi connectivity index (χ2v) is 4.26.